The van der Waals surface area contributed by atoms with E-state index in [-0.39, 0.29) is 5.75 Å². The molecule has 0 aliphatic carbocycles. The number of nitrogens with one attached hydrogen (secondary N) is 2. The Morgan fingerprint density at radius 1 is 1.30 bits per heavy atom. The van der Waals surface area contributed by atoms with Crippen LogP contribution in [-0.2, 0) is 4.79 Å². The summed E-state index contributed by atoms with van der Waals surface area (Å²) < 4.78 is 0. The standard InChI is InChI=1S/C20H20N6O3S/c1-3-12(7-13(4-2)17-5-6-21-23-17)14-8-15(10-16(9-14)26-29)19-22-20(25-24-19)30-11-18(27)28/h3-10,26,29H,2,11H2,1H3,(H,21,23)(H,27,28)(H,22,24,25)/p+1/b12-3+,13-7+. The number of nitrogens with zero attached hydrogens (tertiary/aromatic N) is 3. The lowest BCUT2D eigenvalue weighted by Gasteiger charge is -2.08. The topological polar surface area (TPSA) is 144 Å². The van der Waals surface area contributed by atoms with Gasteiger partial charge in [-0.15, -0.1) is 5.10 Å². The summed E-state index contributed by atoms with van der Waals surface area (Å²) in [6.07, 6.45) is 7.33. The first kappa shape index (κ1) is 21.2. The van der Waals surface area contributed by atoms with Crippen LogP contribution in [0.15, 0.2) is 60.4 Å². The predicted molar refractivity (Wildman–Crippen MR) is 114 cm³/mol. The molecule has 0 unspecified atom stereocenters. The molecule has 0 bridgehead atoms. The number of benzene rings is 1. The van der Waals surface area contributed by atoms with Crippen LogP contribution in [-0.4, -0.2) is 47.4 Å². The van der Waals surface area contributed by atoms with Crippen molar-refractivity contribution < 1.29 is 20.6 Å². The maximum atomic E-state index is 10.7. The summed E-state index contributed by atoms with van der Waals surface area (Å²) >= 11 is 1.03. The van der Waals surface area contributed by atoms with Crippen LogP contribution in [0.25, 0.3) is 22.5 Å². The normalized spacial score (nSPS) is 12.2. The lowest BCUT2D eigenvalue weighted by Crippen LogP contribution is -2.73. The minimum absolute atomic E-state index is 0.127. The van der Waals surface area contributed by atoms with Gasteiger partial charge in [-0.25, -0.2) is 10.2 Å². The van der Waals surface area contributed by atoms with Crippen LogP contribution in [0.4, 0.5) is 5.69 Å². The average Bonchev–Trinajstić information content (AvgIpc) is 3.45. The van der Waals surface area contributed by atoms with Gasteiger partial charge < -0.3 is 5.11 Å². The van der Waals surface area contributed by atoms with E-state index in [1.54, 1.807) is 18.3 Å². The molecule has 0 aliphatic rings. The molecule has 3 aromatic rings. The van der Waals surface area contributed by atoms with E-state index in [0.29, 0.717) is 22.2 Å². The number of carbonyl (C=O) groups is 1. The van der Waals surface area contributed by atoms with Crippen molar-refractivity contribution >= 4 is 34.6 Å². The molecular formula is C20H21N6O3S+. The molecule has 0 atom stereocenters. The summed E-state index contributed by atoms with van der Waals surface area (Å²) in [5.74, 6) is -0.589. The van der Waals surface area contributed by atoms with Gasteiger partial charge in [0.25, 0.3) is 0 Å². The summed E-state index contributed by atoms with van der Waals surface area (Å²) in [4.78, 5) is 15.1. The number of hydrogen-bond acceptors (Lipinski definition) is 6. The zero-order chi connectivity index (χ0) is 21.5. The molecule has 0 radical (unpaired) electrons. The van der Waals surface area contributed by atoms with Gasteiger partial charge in [0.2, 0.25) is 5.16 Å². The minimum Gasteiger partial charge on any atom is -0.481 e. The number of H-pyrrole nitrogens is 2. The van der Waals surface area contributed by atoms with E-state index >= 15 is 0 Å². The van der Waals surface area contributed by atoms with Crippen LogP contribution in [0.5, 0.6) is 0 Å². The highest BCUT2D eigenvalue weighted by molar-refractivity contribution is 7.99. The molecule has 0 amide bonds. The third-order valence-corrected chi connectivity index (χ3v) is 4.99. The van der Waals surface area contributed by atoms with Crippen molar-refractivity contribution in [3.8, 4) is 11.4 Å². The largest absolute Gasteiger partial charge is 0.481 e. The molecule has 154 valence electrons. The zero-order valence-corrected chi connectivity index (χ0v) is 17.0. The third kappa shape index (κ3) is 5.11. The van der Waals surface area contributed by atoms with Crippen molar-refractivity contribution in [2.24, 2.45) is 0 Å². The second-order valence-electron chi connectivity index (χ2n) is 6.14. The molecule has 0 aliphatic heterocycles. The SMILES string of the molecule is C=C/C(=C\C(=C/C)c1cc([NH2+]O)cc(-c2nc(SCC(=O)O)n[nH]2)c1)c1ccn[nH]1. The first-order valence-electron chi connectivity index (χ1n) is 8.94. The number of aromatic amines is 2. The van der Waals surface area contributed by atoms with E-state index in [1.807, 2.05) is 37.3 Å². The lowest BCUT2D eigenvalue weighted by molar-refractivity contribution is -0.825. The van der Waals surface area contributed by atoms with Gasteiger partial charge in [-0.05, 0) is 41.8 Å². The van der Waals surface area contributed by atoms with Gasteiger partial charge in [-0.2, -0.15) is 10.6 Å². The summed E-state index contributed by atoms with van der Waals surface area (Å²) in [7, 11) is 0. The Morgan fingerprint density at radius 3 is 2.77 bits per heavy atom. The van der Waals surface area contributed by atoms with Crippen LogP contribution in [0.2, 0.25) is 0 Å². The van der Waals surface area contributed by atoms with Gasteiger partial charge in [-0.1, -0.05) is 30.5 Å². The Morgan fingerprint density at radius 2 is 2.13 bits per heavy atom. The summed E-state index contributed by atoms with van der Waals surface area (Å²) in [5, 5.41) is 32.5. The number of nitrogens with two attached hydrogens (primary N) is 1. The molecule has 1 aromatic carbocycles. The maximum absolute atomic E-state index is 10.7. The Hall–Kier alpha value is -3.47. The van der Waals surface area contributed by atoms with Gasteiger partial charge in [0.1, 0.15) is 0 Å². The van der Waals surface area contributed by atoms with Crippen LogP contribution in [0.3, 0.4) is 0 Å². The Balaban J connectivity index is 1.97. The summed E-state index contributed by atoms with van der Waals surface area (Å²) in [5.41, 5.74) is 5.78. The highest BCUT2D eigenvalue weighted by Crippen LogP contribution is 2.28. The fourth-order valence-electron chi connectivity index (χ4n) is 2.76. The smallest absolute Gasteiger partial charge is 0.313 e. The predicted octanol–water partition coefficient (Wildman–Crippen LogP) is 2.63. The molecule has 9 nitrogen and oxygen atoms in total. The number of thioether (sulfide) groups is 1. The fraction of sp³-hybridized carbons (Fsp3) is 0.100. The summed E-state index contributed by atoms with van der Waals surface area (Å²) in [6.45, 7) is 5.79. The lowest BCUT2D eigenvalue weighted by atomic mass is 9.98. The number of rotatable bonds is 9. The molecule has 0 spiro atoms. The van der Waals surface area contributed by atoms with Gasteiger partial charge in [-0.3, -0.25) is 15.0 Å². The van der Waals surface area contributed by atoms with Crippen LogP contribution >= 0.6 is 11.8 Å². The van der Waals surface area contributed by atoms with Gasteiger partial charge >= 0.3 is 5.97 Å². The van der Waals surface area contributed by atoms with Crippen molar-refractivity contribution in [2.75, 3.05) is 5.75 Å². The van der Waals surface area contributed by atoms with Crippen LogP contribution in [0.1, 0.15) is 18.2 Å². The van der Waals surface area contributed by atoms with Crippen molar-refractivity contribution in [3.05, 3.63) is 66.5 Å². The highest BCUT2D eigenvalue weighted by atomic mass is 32.2. The van der Waals surface area contributed by atoms with E-state index in [9.17, 15) is 10.0 Å². The number of carboxylic acid groups (broad SMARTS) is 1. The Kier molecular flexibility index (Phi) is 6.96. The first-order valence-corrected chi connectivity index (χ1v) is 9.93. The first-order chi connectivity index (χ1) is 14.5. The highest BCUT2D eigenvalue weighted by Gasteiger charge is 2.13. The van der Waals surface area contributed by atoms with Gasteiger partial charge in [0.05, 0.1) is 11.4 Å². The van der Waals surface area contributed by atoms with Crippen molar-refractivity contribution in [1.29, 1.82) is 0 Å². The number of aliphatic carboxylic acids is 1. The molecule has 2 heterocycles. The molecule has 30 heavy (non-hydrogen) atoms. The van der Waals surface area contributed by atoms with Gasteiger partial charge in [0.15, 0.2) is 11.5 Å². The number of quaternary nitrogens is 1. The average molecular weight is 425 g/mol. The molecular weight excluding hydrogens is 404 g/mol. The van der Waals surface area contributed by atoms with Crippen LogP contribution < -0.4 is 5.48 Å². The Labute approximate surface area is 176 Å². The molecule has 2 aromatic heterocycles. The second kappa shape index (κ2) is 9.83. The van der Waals surface area contributed by atoms with Crippen molar-refractivity contribution in [2.45, 2.75) is 12.1 Å². The van der Waals surface area contributed by atoms with E-state index in [0.717, 1.165) is 39.6 Å². The molecule has 0 saturated heterocycles. The quantitative estimate of drug-likeness (QED) is 0.153. The van der Waals surface area contributed by atoms with Gasteiger partial charge in [0, 0.05) is 23.9 Å². The molecule has 0 saturated carbocycles. The Bertz CT molecular complexity index is 1100. The molecule has 0 fully saturated rings. The van der Waals surface area contributed by atoms with Crippen molar-refractivity contribution in [1.82, 2.24) is 25.4 Å². The van der Waals surface area contributed by atoms with E-state index in [1.165, 1.54) is 0 Å². The monoisotopic (exact) mass is 425 g/mol. The third-order valence-electron chi connectivity index (χ3n) is 4.15. The number of allylic oxidation sites excluding steroid dienone is 5. The van der Waals surface area contributed by atoms with E-state index < -0.39 is 5.97 Å². The molecule has 3 rings (SSSR count). The number of hydrogen-bond donors (Lipinski definition) is 5. The fourth-order valence-corrected chi connectivity index (χ4v) is 3.28. The zero-order valence-electron chi connectivity index (χ0n) is 16.2. The number of aromatic nitrogens is 5. The number of carboxylic acids is 1. The maximum Gasteiger partial charge on any atom is 0.313 e. The second-order valence-corrected chi connectivity index (χ2v) is 7.08. The van der Waals surface area contributed by atoms with Crippen molar-refractivity contribution in [3.63, 3.8) is 0 Å². The minimum atomic E-state index is -0.940. The van der Waals surface area contributed by atoms with E-state index in [4.69, 9.17) is 5.11 Å². The molecule has 6 N–H and O–H groups in total. The molecule has 10 heteroatoms. The summed E-state index contributed by atoms with van der Waals surface area (Å²) in [6, 6.07) is 7.38. The van der Waals surface area contributed by atoms with E-state index in [2.05, 4.69) is 32.0 Å². The van der Waals surface area contributed by atoms with Crippen LogP contribution in [0, 0.1) is 0 Å².